The molecule has 0 amide bonds. The van der Waals surface area contributed by atoms with Crippen LogP contribution in [0.5, 0.6) is 0 Å². The van der Waals surface area contributed by atoms with Gasteiger partial charge in [0.15, 0.2) is 0 Å². The van der Waals surface area contributed by atoms with Crippen LogP contribution in [0.1, 0.15) is 16.7 Å². The molecule has 2 heteroatoms. The molecule has 1 heterocycles. The molecule has 0 spiro atoms. The van der Waals surface area contributed by atoms with E-state index in [1.165, 1.54) is 34.1 Å². The zero-order valence-corrected chi connectivity index (χ0v) is 16.0. The first-order valence-electron chi connectivity index (χ1n) is 8.82. The maximum absolute atomic E-state index is 2.27. The maximum atomic E-state index is 2.27. The van der Waals surface area contributed by atoms with Crippen LogP contribution in [0.2, 0.25) is 0 Å². The molecule has 1 aliphatic heterocycles. The zero-order chi connectivity index (χ0) is 16.2. The predicted molar refractivity (Wildman–Crippen MR) is 99.4 cm³/mol. The molecule has 1 atom stereocenters. The molecule has 25 heavy (non-hydrogen) atoms. The van der Waals surface area contributed by atoms with Crippen molar-refractivity contribution in [2.45, 2.75) is 25.6 Å². The Morgan fingerprint density at radius 3 is 1.44 bits per heavy atom. The number of hydrogen-bond acceptors (Lipinski definition) is 0. The summed E-state index contributed by atoms with van der Waals surface area (Å²) in [5.74, 6) is 0. The van der Waals surface area contributed by atoms with E-state index in [0.717, 1.165) is 19.1 Å². The highest BCUT2D eigenvalue weighted by Gasteiger charge is 2.54. The maximum Gasteiger partial charge on any atom is 0.143 e. The summed E-state index contributed by atoms with van der Waals surface area (Å²) in [7, 11) is 0. The molecule has 0 saturated carbocycles. The molecule has 3 aromatic rings. The van der Waals surface area contributed by atoms with Crippen LogP contribution < -0.4 is 17.0 Å². The molecule has 0 aromatic heterocycles. The first-order valence-corrected chi connectivity index (χ1v) is 8.82. The van der Waals surface area contributed by atoms with Crippen molar-refractivity contribution in [1.29, 1.82) is 0 Å². The summed E-state index contributed by atoms with van der Waals surface area (Å²) in [4.78, 5) is 0. The van der Waals surface area contributed by atoms with Crippen LogP contribution in [0.3, 0.4) is 0 Å². The van der Waals surface area contributed by atoms with E-state index in [1.807, 2.05) is 0 Å². The average Bonchev–Trinajstić information content (AvgIpc) is 3.28. The Balaban J connectivity index is 0.00000182. The Hall–Kier alpha value is -1.90. The molecule has 128 valence electrons. The van der Waals surface area contributed by atoms with Gasteiger partial charge in [0, 0.05) is 17.5 Å². The van der Waals surface area contributed by atoms with Gasteiger partial charge >= 0.3 is 0 Å². The summed E-state index contributed by atoms with van der Waals surface area (Å²) in [6.07, 6.45) is 1.18. The van der Waals surface area contributed by atoms with Crippen LogP contribution in [0.4, 0.5) is 0 Å². The minimum atomic E-state index is 0. The van der Waals surface area contributed by atoms with Crippen molar-refractivity contribution in [3.8, 4) is 0 Å². The monoisotopic (exact) mass is 393 g/mol. The minimum absolute atomic E-state index is 0. The van der Waals surface area contributed by atoms with E-state index in [-0.39, 0.29) is 17.0 Å². The van der Waals surface area contributed by atoms with Gasteiger partial charge in [0.05, 0.1) is 0 Å². The summed E-state index contributed by atoms with van der Waals surface area (Å²) >= 11 is 0. The van der Waals surface area contributed by atoms with Gasteiger partial charge in [-0.2, -0.15) is 0 Å². The summed E-state index contributed by atoms with van der Waals surface area (Å²) in [6.45, 7) is 3.54. The Kier molecular flexibility index (Phi) is 5.72. The lowest BCUT2D eigenvalue weighted by Crippen LogP contribution is -3.00. The molecule has 0 bridgehead atoms. The van der Waals surface area contributed by atoms with E-state index >= 15 is 0 Å². The van der Waals surface area contributed by atoms with Gasteiger partial charge in [-0.05, 0) is 5.56 Å². The SMILES string of the molecule is [Br-].c1ccc(CC2C[N+]2(Cc2ccccc2)Cc2ccccc2)cc1. The fourth-order valence-electron chi connectivity index (χ4n) is 3.85. The average molecular weight is 394 g/mol. The summed E-state index contributed by atoms with van der Waals surface area (Å²) < 4.78 is 1.18. The highest BCUT2D eigenvalue weighted by Crippen LogP contribution is 2.38. The molecule has 1 nitrogen and oxygen atoms in total. The standard InChI is InChI=1S/C23H24N.BrH/c1-4-10-20(11-5-1)16-23-19-24(23,17-21-12-6-2-7-13-21)18-22-14-8-3-9-15-22;/h1-15,23H,16-19H2;1H/q+1;/p-1. The van der Waals surface area contributed by atoms with Crippen molar-refractivity contribution in [1.82, 2.24) is 0 Å². The molecular formula is C23H24BrN. The second kappa shape index (κ2) is 7.99. The van der Waals surface area contributed by atoms with Crippen molar-refractivity contribution in [2.24, 2.45) is 0 Å². The van der Waals surface area contributed by atoms with Gasteiger partial charge in [0.2, 0.25) is 0 Å². The number of quaternary nitrogens is 1. The lowest BCUT2D eigenvalue weighted by atomic mass is 10.1. The fraction of sp³-hybridized carbons (Fsp3) is 0.217. The Morgan fingerprint density at radius 2 is 1.00 bits per heavy atom. The lowest BCUT2D eigenvalue weighted by Gasteiger charge is -2.21. The largest absolute Gasteiger partial charge is 1.00 e. The third kappa shape index (κ3) is 4.39. The second-order valence-electron chi connectivity index (χ2n) is 7.03. The van der Waals surface area contributed by atoms with Crippen LogP contribution >= 0.6 is 0 Å². The lowest BCUT2D eigenvalue weighted by molar-refractivity contribution is -0.842. The molecule has 1 fully saturated rings. The van der Waals surface area contributed by atoms with Crippen molar-refractivity contribution < 1.29 is 21.5 Å². The first-order chi connectivity index (χ1) is 11.8. The van der Waals surface area contributed by atoms with Crippen molar-refractivity contribution in [3.05, 3.63) is 108 Å². The smallest absolute Gasteiger partial charge is 0.143 e. The number of rotatable bonds is 6. The molecule has 0 aliphatic carbocycles. The van der Waals surface area contributed by atoms with Gasteiger partial charge in [-0.15, -0.1) is 0 Å². The highest BCUT2D eigenvalue weighted by atomic mass is 79.9. The van der Waals surface area contributed by atoms with E-state index in [0.29, 0.717) is 0 Å². The molecule has 1 saturated heterocycles. The summed E-state index contributed by atoms with van der Waals surface area (Å²) in [5, 5.41) is 0. The molecule has 4 rings (SSSR count). The molecule has 1 unspecified atom stereocenters. The highest BCUT2D eigenvalue weighted by molar-refractivity contribution is 5.19. The number of benzene rings is 3. The van der Waals surface area contributed by atoms with E-state index in [9.17, 15) is 0 Å². The predicted octanol–water partition coefficient (Wildman–Crippen LogP) is 1.83. The summed E-state index contributed by atoms with van der Waals surface area (Å²) in [5.41, 5.74) is 4.36. The van der Waals surface area contributed by atoms with Gasteiger partial charge in [-0.1, -0.05) is 91.0 Å². The number of halogens is 1. The number of hydrogen-bond donors (Lipinski definition) is 0. The fourth-order valence-corrected chi connectivity index (χ4v) is 3.85. The van der Waals surface area contributed by atoms with E-state index in [4.69, 9.17) is 0 Å². The second-order valence-corrected chi connectivity index (χ2v) is 7.03. The van der Waals surface area contributed by atoms with E-state index in [1.54, 1.807) is 0 Å². The van der Waals surface area contributed by atoms with E-state index in [2.05, 4.69) is 91.0 Å². The quantitative estimate of drug-likeness (QED) is 0.442. The van der Waals surface area contributed by atoms with Gasteiger partial charge in [0.1, 0.15) is 25.7 Å². The Labute approximate surface area is 161 Å². The minimum Gasteiger partial charge on any atom is -1.00 e. The van der Waals surface area contributed by atoms with Crippen LogP contribution in [-0.4, -0.2) is 17.1 Å². The molecule has 3 aromatic carbocycles. The van der Waals surface area contributed by atoms with E-state index < -0.39 is 0 Å². The third-order valence-electron chi connectivity index (χ3n) is 5.21. The van der Waals surface area contributed by atoms with Crippen molar-refractivity contribution >= 4 is 0 Å². The molecule has 0 radical (unpaired) electrons. The van der Waals surface area contributed by atoms with Crippen LogP contribution in [0.25, 0.3) is 0 Å². The Morgan fingerprint density at radius 1 is 0.600 bits per heavy atom. The van der Waals surface area contributed by atoms with Crippen LogP contribution in [-0.2, 0) is 19.5 Å². The normalized spacial score (nSPS) is 17.5. The van der Waals surface area contributed by atoms with Crippen molar-refractivity contribution in [2.75, 3.05) is 6.54 Å². The van der Waals surface area contributed by atoms with Gasteiger partial charge < -0.3 is 21.5 Å². The molecule has 1 aliphatic rings. The first kappa shape index (κ1) is 17.9. The van der Waals surface area contributed by atoms with Crippen molar-refractivity contribution in [3.63, 3.8) is 0 Å². The van der Waals surface area contributed by atoms with Gasteiger partial charge in [0.25, 0.3) is 0 Å². The van der Waals surface area contributed by atoms with Crippen LogP contribution in [0, 0.1) is 0 Å². The van der Waals surface area contributed by atoms with Gasteiger partial charge in [-0.3, -0.25) is 0 Å². The Bertz CT molecular complexity index is 729. The topological polar surface area (TPSA) is 0 Å². The molecular weight excluding hydrogens is 370 g/mol. The molecule has 0 N–H and O–H groups in total. The van der Waals surface area contributed by atoms with Crippen LogP contribution in [0.15, 0.2) is 91.0 Å². The van der Waals surface area contributed by atoms with Gasteiger partial charge in [-0.25, -0.2) is 0 Å². The zero-order valence-electron chi connectivity index (χ0n) is 14.4. The summed E-state index contributed by atoms with van der Waals surface area (Å²) in [6, 6.07) is 33.6. The third-order valence-corrected chi connectivity index (χ3v) is 5.21. The number of nitrogens with zero attached hydrogens (tertiary/aromatic N) is 1.